The highest BCUT2D eigenvalue weighted by Crippen LogP contribution is 2.57. The normalized spacial score (nSPS) is 43.2. The summed E-state index contributed by atoms with van der Waals surface area (Å²) in [5.74, 6) is 2.11. The quantitative estimate of drug-likeness (QED) is 0.713. The number of ether oxygens (including phenoxy) is 1. The van der Waals surface area contributed by atoms with E-state index in [1.54, 1.807) is 0 Å². The van der Waals surface area contributed by atoms with Crippen LogP contribution in [0, 0.1) is 29.1 Å². The molecule has 0 aliphatic heterocycles. The molecule has 0 bridgehead atoms. The van der Waals surface area contributed by atoms with Gasteiger partial charge in [0.05, 0.1) is 0 Å². The van der Waals surface area contributed by atoms with Crippen LogP contribution in [0.5, 0.6) is 0 Å². The number of allylic oxidation sites excluding steroid dienone is 1. The van der Waals surface area contributed by atoms with Crippen LogP contribution in [-0.4, -0.2) is 17.9 Å². The van der Waals surface area contributed by atoms with Gasteiger partial charge in [0.2, 0.25) is 0 Å². The Balaban J connectivity index is 1.89. The zero-order valence-corrected chi connectivity index (χ0v) is 14.9. The topological polar surface area (TPSA) is 43.4 Å². The van der Waals surface area contributed by atoms with Gasteiger partial charge in [-0.2, -0.15) is 0 Å². The molecule has 23 heavy (non-hydrogen) atoms. The maximum atomic E-state index is 12.0. The van der Waals surface area contributed by atoms with Gasteiger partial charge in [-0.15, -0.1) is 0 Å². The first-order valence-electron chi connectivity index (χ1n) is 9.26. The first-order chi connectivity index (χ1) is 10.9. The highest BCUT2D eigenvalue weighted by Gasteiger charge is 2.51. The van der Waals surface area contributed by atoms with E-state index in [0.29, 0.717) is 29.6 Å². The van der Waals surface area contributed by atoms with Crippen LogP contribution in [0.1, 0.15) is 66.2 Å². The van der Waals surface area contributed by atoms with Crippen LogP contribution in [0.15, 0.2) is 11.6 Å². The average molecular weight is 318 g/mol. The minimum absolute atomic E-state index is 0.128. The van der Waals surface area contributed by atoms with Gasteiger partial charge in [0.25, 0.3) is 0 Å². The molecule has 0 N–H and O–H groups in total. The molecular formula is C20H30O3. The van der Waals surface area contributed by atoms with E-state index >= 15 is 0 Å². The molecule has 0 radical (unpaired) electrons. The van der Waals surface area contributed by atoms with E-state index in [1.165, 1.54) is 38.2 Å². The van der Waals surface area contributed by atoms with E-state index in [1.807, 2.05) is 6.08 Å². The number of esters is 1. The first-order valence-corrected chi connectivity index (χ1v) is 9.26. The predicted molar refractivity (Wildman–Crippen MR) is 89.8 cm³/mol. The molecule has 3 heteroatoms. The molecule has 0 amide bonds. The number of ketones is 1. The van der Waals surface area contributed by atoms with E-state index in [4.69, 9.17) is 4.74 Å². The van der Waals surface area contributed by atoms with Crippen LogP contribution in [-0.2, 0) is 14.3 Å². The fourth-order valence-corrected chi connectivity index (χ4v) is 5.61. The smallest absolute Gasteiger partial charge is 0.302 e. The number of carbonyl (C=O) groups excluding carboxylic acids is 2. The van der Waals surface area contributed by atoms with Crippen molar-refractivity contribution in [3.8, 4) is 0 Å². The van der Waals surface area contributed by atoms with Crippen molar-refractivity contribution in [1.29, 1.82) is 0 Å². The molecule has 0 saturated heterocycles. The Morgan fingerprint density at radius 2 is 2.09 bits per heavy atom. The summed E-state index contributed by atoms with van der Waals surface area (Å²) in [5, 5.41) is 0. The third-order valence-corrected chi connectivity index (χ3v) is 7.27. The van der Waals surface area contributed by atoms with Crippen LogP contribution < -0.4 is 0 Å². The van der Waals surface area contributed by atoms with E-state index in [0.717, 1.165) is 6.42 Å². The minimum atomic E-state index is -0.256. The summed E-state index contributed by atoms with van der Waals surface area (Å²) in [5.41, 5.74) is 1.69. The van der Waals surface area contributed by atoms with Gasteiger partial charge in [-0.3, -0.25) is 9.59 Å². The molecule has 2 fully saturated rings. The maximum Gasteiger partial charge on any atom is 0.302 e. The monoisotopic (exact) mass is 318 g/mol. The Morgan fingerprint density at radius 3 is 2.74 bits per heavy atom. The molecule has 0 aromatic heterocycles. The average Bonchev–Trinajstić information content (AvgIpc) is 2.49. The SMILES string of the molecule is CC[C@@]1(C)CC[C@H]2[C@@H](CCC3=CC(=O)CC(OC(C)=O)[C@@H]32)[C@@H]1C. The van der Waals surface area contributed by atoms with Crippen LogP contribution in [0.2, 0.25) is 0 Å². The van der Waals surface area contributed by atoms with Gasteiger partial charge in [0.15, 0.2) is 5.78 Å². The van der Waals surface area contributed by atoms with E-state index < -0.39 is 0 Å². The van der Waals surface area contributed by atoms with Gasteiger partial charge >= 0.3 is 5.97 Å². The number of fused-ring (bicyclic) bond motifs is 3. The molecule has 0 aromatic rings. The Kier molecular flexibility index (Phi) is 4.41. The zero-order chi connectivity index (χ0) is 16.8. The van der Waals surface area contributed by atoms with Crippen molar-refractivity contribution in [2.24, 2.45) is 29.1 Å². The van der Waals surface area contributed by atoms with Gasteiger partial charge in [0, 0.05) is 19.3 Å². The summed E-state index contributed by atoms with van der Waals surface area (Å²) >= 11 is 0. The molecule has 128 valence electrons. The Hall–Kier alpha value is -1.12. The van der Waals surface area contributed by atoms with Crippen LogP contribution in [0.25, 0.3) is 0 Å². The van der Waals surface area contributed by atoms with Crippen molar-refractivity contribution >= 4 is 11.8 Å². The second-order valence-electron chi connectivity index (χ2n) is 8.26. The number of carbonyl (C=O) groups is 2. The van der Waals surface area contributed by atoms with Crippen LogP contribution >= 0.6 is 0 Å². The van der Waals surface area contributed by atoms with Gasteiger partial charge in [-0.1, -0.05) is 32.8 Å². The standard InChI is InChI=1S/C20H30O3/c1-5-20(4)9-8-17-16(12(20)2)7-6-14-10-15(22)11-18(19(14)17)23-13(3)21/h10,12,16-19H,5-9,11H2,1-4H3/t12-,16-,17-,18?,19-,20-/m0/s1. The molecule has 3 aliphatic rings. The number of hydrogen-bond acceptors (Lipinski definition) is 3. The predicted octanol–water partition coefficient (Wildman–Crippen LogP) is 4.31. The van der Waals surface area contributed by atoms with Crippen molar-refractivity contribution in [2.45, 2.75) is 72.3 Å². The van der Waals surface area contributed by atoms with Crippen molar-refractivity contribution < 1.29 is 14.3 Å². The number of rotatable bonds is 2. The highest BCUT2D eigenvalue weighted by molar-refractivity contribution is 5.92. The molecule has 3 rings (SSSR count). The van der Waals surface area contributed by atoms with Crippen molar-refractivity contribution in [3.63, 3.8) is 0 Å². The number of hydrogen-bond donors (Lipinski definition) is 0. The molecule has 0 spiro atoms. The molecule has 0 heterocycles. The Morgan fingerprint density at radius 1 is 1.35 bits per heavy atom. The van der Waals surface area contributed by atoms with Crippen molar-refractivity contribution in [1.82, 2.24) is 0 Å². The summed E-state index contributed by atoms with van der Waals surface area (Å²) in [6, 6.07) is 0. The summed E-state index contributed by atoms with van der Waals surface area (Å²) in [6.07, 6.45) is 7.87. The van der Waals surface area contributed by atoms with Crippen LogP contribution in [0.4, 0.5) is 0 Å². The molecule has 3 aliphatic carbocycles. The van der Waals surface area contributed by atoms with E-state index in [2.05, 4.69) is 20.8 Å². The summed E-state index contributed by atoms with van der Waals surface area (Å²) in [4.78, 5) is 23.5. The summed E-state index contributed by atoms with van der Waals surface area (Å²) in [6.45, 7) is 8.63. The van der Waals surface area contributed by atoms with Gasteiger partial charge in [-0.05, 0) is 54.9 Å². The molecule has 1 unspecified atom stereocenters. The lowest BCUT2D eigenvalue weighted by Gasteiger charge is -2.54. The Labute approximate surface area is 139 Å². The van der Waals surface area contributed by atoms with Gasteiger partial charge < -0.3 is 4.74 Å². The molecule has 2 saturated carbocycles. The third-order valence-electron chi connectivity index (χ3n) is 7.27. The first kappa shape index (κ1) is 16.7. The lowest BCUT2D eigenvalue weighted by molar-refractivity contribution is -0.154. The second-order valence-corrected chi connectivity index (χ2v) is 8.26. The van der Waals surface area contributed by atoms with Gasteiger partial charge in [-0.25, -0.2) is 0 Å². The summed E-state index contributed by atoms with van der Waals surface area (Å²) < 4.78 is 5.59. The fraction of sp³-hybridized carbons (Fsp3) is 0.800. The van der Waals surface area contributed by atoms with Crippen LogP contribution in [0.3, 0.4) is 0 Å². The van der Waals surface area contributed by atoms with Gasteiger partial charge in [0.1, 0.15) is 6.10 Å². The fourth-order valence-electron chi connectivity index (χ4n) is 5.61. The molecular weight excluding hydrogens is 288 g/mol. The van der Waals surface area contributed by atoms with E-state index in [9.17, 15) is 9.59 Å². The second kappa shape index (κ2) is 6.07. The lowest BCUT2D eigenvalue weighted by atomic mass is 9.51. The van der Waals surface area contributed by atoms with E-state index in [-0.39, 0.29) is 23.8 Å². The molecule has 3 nitrogen and oxygen atoms in total. The van der Waals surface area contributed by atoms with Crippen molar-refractivity contribution in [3.05, 3.63) is 11.6 Å². The summed E-state index contributed by atoms with van der Waals surface area (Å²) in [7, 11) is 0. The third kappa shape index (κ3) is 2.88. The lowest BCUT2D eigenvalue weighted by Crippen LogP contribution is -2.49. The largest absolute Gasteiger partial charge is 0.461 e. The maximum absolute atomic E-state index is 12.0. The minimum Gasteiger partial charge on any atom is -0.461 e. The highest BCUT2D eigenvalue weighted by atomic mass is 16.5. The van der Waals surface area contributed by atoms with Crippen molar-refractivity contribution in [2.75, 3.05) is 0 Å². The molecule has 6 atom stereocenters. The zero-order valence-electron chi connectivity index (χ0n) is 14.9. The molecule has 0 aromatic carbocycles. The Bertz CT molecular complexity index is 535.